The van der Waals surface area contributed by atoms with Gasteiger partial charge < -0.3 is 9.42 Å². The monoisotopic (exact) mass is 291 g/mol. The van der Waals surface area contributed by atoms with Gasteiger partial charge in [-0.15, -0.1) is 0 Å². The molecule has 5 heteroatoms. The number of hydrogen-bond acceptors (Lipinski definition) is 4. The summed E-state index contributed by atoms with van der Waals surface area (Å²) in [5, 5.41) is 4.11. The molecule has 1 aromatic heterocycles. The van der Waals surface area contributed by atoms with Crippen molar-refractivity contribution in [2.75, 3.05) is 13.1 Å². The van der Waals surface area contributed by atoms with E-state index in [1.807, 2.05) is 19.9 Å². The van der Waals surface area contributed by atoms with Gasteiger partial charge in [-0.25, -0.2) is 0 Å². The highest BCUT2D eigenvalue weighted by atomic mass is 16.5. The number of likely N-dealkylation sites (tertiary alicyclic amines) is 2. The highest BCUT2D eigenvalue weighted by Gasteiger charge is 2.39. The summed E-state index contributed by atoms with van der Waals surface area (Å²) in [5.41, 5.74) is 1.01. The van der Waals surface area contributed by atoms with Crippen molar-refractivity contribution in [1.82, 2.24) is 15.0 Å². The number of amides is 1. The summed E-state index contributed by atoms with van der Waals surface area (Å²) in [6.07, 6.45) is 5.31. The molecule has 21 heavy (non-hydrogen) atoms. The molecule has 0 unspecified atom stereocenters. The zero-order chi connectivity index (χ0) is 14.8. The molecule has 0 N–H and O–H groups in total. The normalized spacial score (nSPS) is 26.7. The van der Waals surface area contributed by atoms with Crippen molar-refractivity contribution in [3.05, 3.63) is 17.5 Å². The second-order valence-corrected chi connectivity index (χ2v) is 6.26. The minimum absolute atomic E-state index is 0.307. The van der Waals surface area contributed by atoms with Crippen LogP contribution in [0, 0.1) is 6.92 Å². The van der Waals surface area contributed by atoms with Gasteiger partial charge in [0.2, 0.25) is 5.91 Å². The maximum Gasteiger partial charge on any atom is 0.222 e. The molecule has 2 fully saturated rings. The molecule has 116 valence electrons. The van der Waals surface area contributed by atoms with Gasteiger partial charge in [0, 0.05) is 37.7 Å². The van der Waals surface area contributed by atoms with Gasteiger partial charge in [-0.1, -0.05) is 12.1 Å². The van der Waals surface area contributed by atoms with Gasteiger partial charge in [-0.2, -0.15) is 0 Å². The highest BCUT2D eigenvalue weighted by Crippen LogP contribution is 2.31. The number of carbonyl (C=O) groups is 1. The van der Waals surface area contributed by atoms with Crippen LogP contribution in [0.1, 0.15) is 50.5 Å². The molecule has 0 aliphatic carbocycles. The Balaban J connectivity index is 1.69. The predicted octanol–water partition coefficient (Wildman–Crippen LogP) is 2.35. The third kappa shape index (κ3) is 2.98. The van der Waals surface area contributed by atoms with Crippen molar-refractivity contribution >= 4 is 5.91 Å². The lowest BCUT2D eigenvalue weighted by atomic mass is 10.0. The number of aryl methyl sites for hydroxylation is 1. The Bertz CT molecular complexity index is 499. The molecule has 0 bridgehead atoms. The largest absolute Gasteiger partial charge is 0.361 e. The first-order chi connectivity index (χ1) is 10.2. The van der Waals surface area contributed by atoms with Gasteiger partial charge in [0.25, 0.3) is 0 Å². The third-order valence-electron chi connectivity index (χ3n) is 4.82. The molecule has 0 radical (unpaired) electrons. The van der Waals surface area contributed by atoms with Crippen molar-refractivity contribution in [1.29, 1.82) is 0 Å². The highest BCUT2D eigenvalue weighted by molar-refractivity contribution is 5.76. The van der Waals surface area contributed by atoms with E-state index in [0.29, 0.717) is 24.4 Å². The summed E-state index contributed by atoms with van der Waals surface area (Å²) in [5.74, 6) is 1.17. The van der Waals surface area contributed by atoms with Gasteiger partial charge in [-0.05, 0) is 39.2 Å². The molecule has 2 atom stereocenters. The van der Waals surface area contributed by atoms with Gasteiger partial charge in [0.05, 0.1) is 5.69 Å². The molecule has 2 aliphatic rings. The Hall–Kier alpha value is -1.36. The quantitative estimate of drug-likeness (QED) is 0.854. The van der Waals surface area contributed by atoms with E-state index in [9.17, 15) is 4.79 Å². The van der Waals surface area contributed by atoms with E-state index >= 15 is 0 Å². The Morgan fingerprint density at radius 3 is 2.81 bits per heavy atom. The van der Waals surface area contributed by atoms with E-state index in [-0.39, 0.29) is 0 Å². The fourth-order valence-corrected chi connectivity index (χ4v) is 3.89. The molecule has 0 spiro atoms. The van der Waals surface area contributed by atoms with Gasteiger partial charge in [0.1, 0.15) is 5.76 Å². The lowest BCUT2D eigenvalue weighted by Gasteiger charge is -2.34. The minimum Gasteiger partial charge on any atom is -0.361 e. The molecular weight excluding hydrogens is 266 g/mol. The maximum absolute atomic E-state index is 12.1. The number of carbonyl (C=O) groups excluding carboxylic acids is 1. The molecule has 5 nitrogen and oxygen atoms in total. The first kappa shape index (κ1) is 14.6. The topological polar surface area (TPSA) is 49.6 Å². The summed E-state index contributed by atoms with van der Waals surface area (Å²) >= 11 is 0. The fraction of sp³-hybridized carbons (Fsp3) is 0.750. The van der Waals surface area contributed by atoms with E-state index in [4.69, 9.17) is 4.52 Å². The summed E-state index contributed by atoms with van der Waals surface area (Å²) in [7, 11) is 0. The Kier molecular flexibility index (Phi) is 4.29. The van der Waals surface area contributed by atoms with Gasteiger partial charge in [-0.3, -0.25) is 9.69 Å². The van der Waals surface area contributed by atoms with E-state index < -0.39 is 0 Å². The summed E-state index contributed by atoms with van der Waals surface area (Å²) < 4.78 is 5.17. The summed E-state index contributed by atoms with van der Waals surface area (Å²) in [6, 6.07) is 2.90. The summed E-state index contributed by atoms with van der Waals surface area (Å²) in [6.45, 7) is 6.76. The van der Waals surface area contributed by atoms with Crippen LogP contribution in [0.2, 0.25) is 0 Å². The summed E-state index contributed by atoms with van der Waals surface area (Å²) in [4.78, 5) is 16.7. The smallest absolute Gasteiger partial charge is 0.222 e. The second-order valence-electron chi connectivity index (χ2n) is 6.26. The van der Waals surface area contributed by atoms with Crippen molar-refractivity contribution in [3.8, 4) is 0 Å². The van der Waals surface area contributed by atoms with Gasteiger partial charge in [0.15, 0.2) is 0 Å². The number of rotatable bonds is 4. The molecule has 1 aromatic rings. The number of nitrogens with zero attached hydrogens (tertiary/aromatic N) is 3. The average Bonchev–Trinajstić information content (AvgIpc) is 3.18. The third-order valence-corrected chi connectivity index (χ3v) is 4.82. The SMILES string of the molecule is CCC(=O)N1CCC[C@H]1[C@@H]1CCCN1Cc1cc(C)on1. The molecule has 2 saturated heterocycles. The average molecular weight is 291 g/mol. The van der Waals surface area contributed by atoms with Crippen LogP contribution in [0.3, 0.4) is 0 Å². The standard InChI is InChI=1S/C16H25N3O2/c1-3-16(20)19-9-5-7-15(19)14-6-4-8-18(14)11-13-10-12(2)21-17-13/h10,14-15H,3-9,11H2,1-2H3/t14-,15-/m0/s1. The van der Waals surface area contributed by atoms with Crippen LogP contribution in [0.5, 0.6) is 0 Å². The van der Waals surface area contributed by atoms with Crippen molar-refractivity contribution < 1.29 is 9.32 Å². The van der Waals surface area contributed by atoms with Crippen molar-refractivity contribution in [3.63, 3.8) is 0 Å². The van der Waals surface area contributed by atoms with Crippen LogP contribution in [-0.4, -0.2) is 46.0 Å². The van der Waals surface area contributed by atoms with E-state index in [1.54, 1.807) is 0 Å². The van der Waals surface area contributed by atoms with Crippen LogP contribution in [0.4, 0.5) is 0 Å². The molecule has 3 heterocycles. The van der Waals surface area contributed by atoms with Crippen LogP contribution in [0.15, 0.2) is 10.6 Å². The molecule has 2 aliphatic heterocycles. The van der Waals surface area contributed by atoms with Crippen LogP contribution < -0.4 is 0 Å². The second kappa shape index (κ2) is 6.18. The maximum atomic E-state index is 12.1. The Labute approximate surface area is 126 Å². The van der Waals surface area contributed by atoms with Crippen LogP contribution in [0.25, 0.3) is 0 Å². The molecular formula is C16H25N3O2. The van der Waals surface area contributed by atoms with Crippen molar-refractivity contribution in [2.24, 2.45) is 0 Å². The molecule has 0 saturated carbocycles. The molecule has 1 amide bonds. The first-order valence-corrected chi connectivity index (χ1v) is 8.14. The predicted molar refractivity (Wildman–Crippen MR) is 79.7 cm³/mol. The lowest BCUT2D eigenvalue weighted by Crippen LogP contribution is -2.47. The van der Waals surface area contributed by atoms with E-state index in [1.165, 1.54) is 12.8 Å². The van der Waals surface area contributed by atoms with Gasteiger partial charge >= 0.3 is 0 Å². The van der Waals surface area contributed by atoms with Crippen LogP contribution >= 0.6 is 0 Å². The fourth-order valence-electron chi connectivity index (χ4n) is 3.89. The van der Waals surface area contributed by atoms with Crippen molar-refractivity contribution in [2.45, 2.75) is 64.6 Å². The van der Waals surface area contributed by atoms with E-state index in [2.05, 4.69) is 15.0 Å². The lowest BCUT2D eigenvalue weighted by molar-refractivity contribution is -0.132. The number of aromatic nitrogens is 1. The minimum atomic E-state index is 0.307. The molecule has 0 aromatic carbocycles. The molecule has 3 rings (SSSR count). The zero-order valence-electron chi connectivity index (χ0n) is 13.0. The van der Waals surface area contributed by atoms with E-state index in [0.717, 1.165) is 43.9 Å². The van der Waals surface area contributed by atoms with Crippen LogP contribution in [-0.2, 0) is 11.3 Å². The zero-order valence-corrected chi connectivity index (χ0v) is 13.0. The Morgan fingerprint density at radius 2 is 2.10 bits per heavy atom. The number of hydrogen-bond donors (Lipinski definition) is 0. The Morgan fingerprint density at radius 1 is 1.33 bits per heavy atom. The first-order valence-electron chi connectivity index (χ1n) is 8.14.